The van der Waals surface area contributed by atoms with Crippen LogP contribution in [0.1, 0.15) is 12.0 Å². The Bertz CT molecular complexity index is 356. The number of benzene rings is 1. The zero-order chi connectivity index (χ0) is 9.97. The highest BCUT2D eigenvalue weighted by atomic mass is 79.9. The van der Waals surface area contributed by atoms with Gasteiger partial charge in [0.15, 0.2) is 5.78 Å². The number of hydrogen-bond donors (Lipinski definition) is 0. The molecule has 1 aliphatic carbocycles. The Kier molecular flexibility index (Phi) is 2.82. The van der Waals surface area contributed by atoms with E-state index < -0.39 is 0 Å². The van der Waals surface area contributed by atoms with Crippen molar-refractivity contribution < 1.29 is 4.79 Å². The molecule has 0 radical (unpaired) electrons. The predicted octanol–water partition coefficient (Wildman–Crippen LogP) is 3.05. The highest BCUT2D eigenvalue weighted by molar-refractivity contribution is 9.09. The van der Waals surface area contributed by atoms with E-state index in [0.29, 0.717) is 4.83 Å². The van der Waals surface area contributed by atoms with Gasteiger partial charge in [0.2, 0.25) is 0 Å². The van der Waals surface area contributed by atoms with E-state index in [9.17, 15) is 4.79 Å². The molecule has 1 aromatic rings. The van der Waals surface area contributed by atoms with E-state index in [-0.39, 0.29) is 11.7 Å². The van der Waals surface area contributed by atoms with E-state index in [4.69, 9.17) is 0 Å². The minimum absolute atomic E-state index is 0.218. The Morgan fingerprint density at radius 1 is 1.36 bits per heavy atom. The van der Waals surface area contributed by atoms with Gasteiger partial charge in [-0.05, 0) is 18.1 Å². The summed E-state index contributed by atoms with van der Waals surface area (Å²) in [6.45, 7) is 0. The number of ketones is 1. The third-order valence-corrected chi connectivity index (χ3v) is 3.33. The number of hydrogen-bond acceptors (Lipinski definition) is 1. The van der Waals surface area contributed by atoms with Crippen LogP contribution in [0.25, 0.3) is 6.08 Å². The fraction of sp³-hybridized carbons (Fsp3) is 0.250. The monoisotopic (exact) mass is 250 g/mol. The van der Waals surface area contributed by atoms with Crippen molar-refractivity contribution in [1.82, 2.24) is 0 Å². The molecular weight excluding hydrogens is 240 g/mol. The highest BCUT2D eigenvalue weighted by Crippen LogP contribution is 2.38. The van der Waals surface area contributed by atoms with Crippen LogP contribution < -0.4 is 0 Å². The van der Waals surface area contributed by atoms with Gasteiger partial charge in [-0.2, -0.15) is 0 Å². The first-order valence-corrected chi connectivity index (χ1v) is 5.60. The minimum atomic E-state index is 0.218. The normalized spacial score (nSPS) is 25.2. The van der Waals surface area contributed by atoms with Crippen LogP contribution in [0.15, 0.2) is 36.4 Å². The van der Waals surface area contributed by atoms with Gasteiger partial charge < -0.3 is 0 Å². The average Bonchev–Trinajstić information content (AvgIpc) is 2.94. The molecule has 0 N–H and O–H groups in total. The second kappa shape index (κ2) is 4.09. The molecule has 2 heteroatoms. The van der Waals surface area contributed by atoms with E-state index in [1.165, 1.54) is 0 Å². The maximum absolute atomic E-state index is 11.5. The highest BCUT2D eigenvalue weighted by Gasteiger charge is 2.39. The molecule has 0 bridgehead atoms. The molecule has 0 saturated heterocycles. The maximum atomic E-state index is 11.5. The summed E-state index contributed by atoms with van der Waals surface area (Å²) in [6.07, 6.45) is 4.54. The summed E-state index contributed by atoms with van der Waals surface area (Å²) in [7, 11) is 0. The third-order valence-electron chi connectivity index (χ3n) is 2.32. The summed E-state index contributed by atoms with van der Waals surface area (Å²) in [4.78, 5) is 11.9. The zero-order valence-corrected chi connectivity index (χ0v) is 9.28. The second-order valence-corrected chi connectivity index (χ2v) is 4.68. The molecule has 1 aromatic carbocycles. The van der Waals surface area contributed by atoms with E-state index in [1.807, 2.05) is 36.4 Å². The van der Waals surface area contributed by atoms with Gasteiger partial charge in [0.25, 0.3) is 0 Å². The van der Waals surface area contributed by atoms with Gasteiger partial charge >= 0.3 is 0 Å². The molecule has 0 aliphatic heterocycles. The lowest BCUT2D eigenvalue weighted by Gasteiger charge is -1.91. The summed E-state index contributed by atoms with van der Waals surface area (Å²) < 4.78 is 0. The SMILES string of the molecule is O=C(/C=C/c1ccccc1)[C@H]1C[C@@H]1Br. The van der Waals surface area contributed by atoms with Crippen LogP contribution in [-0.2, 0) is 4.79 Å². The smallest absolute Gasteiger partial charge is 0.159 e. The van der Waals surface area contributed by atoms with Crippen molar-refractivity contribution in [1.29, 1.82) is 0 Å². The molecule has 1 saturated carbocycles. The average molecular weight is 251 g/mol. The van der Waals surface area contributed by atoms with Crippen molar-refractivity contribution in [2.24, 2.45) is 5.92 Å². The number of allylic oxidation sites excluding steroid dienone is 1. The van der Waals surface area contributed by atoms with Crippen LogP contribution >= 0.6 is 15.9 Å². The lowest BCUT2D eigenvalue weighted by Crippen LogP contribution is -1.96. The van der Waals surface area contributed by atoms with Gasteiger partial charge in [0, 0.05) is 10.7 Å². The van der Waals surface area contributed by atoms with Crippen LogP contribution in [0.5, 0.6) is 0 Å². The molecule has 2 rings (SSSR count). The van der Waals surface area contributed by atoms with Crippen molar-refractivity contribution in [3.8, 4) is 0 Å². The molecule has 1 fully saturated rings. The van der Waals surface area contributed by atoms with Crippen molar-refractivity contribution in [3.05, 3.63) is 42.0 Å². The molecule has 0 unspecified atom stereocenters. The molecule has 14 heavy (non-hydrogen) atoms. The molecule has 0 spiro atoms. The predicted molar refractivity (Wildman–Crippen MR) is 61.3 cm³/mol. The first kappa shape index (κ1) is 9.66. The van der Waals surface area contributed by atoms with E-state index >= 15 is 0 Å². The van der Waals surface area contributed by atoms with Crippen molar-refractivity contribution in [2.45, 2.75) is 11.2 Å². The number of carbonyl (C=O) groups excluding carboxylic acids is 1. The number of rotatable bonds is 3. The molecule has 0 aromatic heterocycles. The molecular formula is C12H11BrO. The fourth-order valence-corrected chi connectivity index (χ4v) is 1.99. The molecule has 72 valence electrons. The quantitative estimate of drug-likeness (QED) is 0.596. The van der Waals surface area contributed by atoms with Crippen LogP contribution in [0.4, 0.5) is 0 Å². The van der Waals surface area contributed by atoms with Gasteiger partial charge in [-0.1, -0.05) is 52.3 Å². The third kappa shape index (κ3) is 2.32. The summed E-state index contributed by atoms with van der Waals surface area (Å²) in [5.74, 6) is 0.450. The summed E-state index contributed by atoms with van der Waals surface area (Å²) in [5.41, 5.74) is 1.08. The van der Waals surface area contributed by atoms with Gasteiger partial charge in [-0.3, -0.25) is 4.79 Å². The largest absolute Gasteiger partial charge is 0.295 e. The first-order valence-electron chi connectivity index (χ1n) is 4.68. The Morgan fingerprint density at radius 2 is 2.00 bits per heavy atom. The zero-order valence-electron chi connectivity index (χ0n) is 7.69. The topological polar surface area (TPSA) is 17.1 Å². The van der Waals surface area contributed by atoms with E-state index in [2.05, 4.69) is 15.9 Å². The van der Waals surface area contributed by atoms with Gasteiger partial charge in [-0.25, -0.2) is 0 Å². The second-order valence-electron chi connectivity index (χ2n) is 3.50. The minimum Gasteiger partial charge on any atom is -0.295 e. The van der Waals surface area contributed by atoms with Crippen LogP contribution in [0.2, 0.25) is 0 Å². The van der Waals surface area contributed by atoms with Gasteiger partial charge in [-0.15, -0.1) is 0 Å². The van der Waals surface area contributed by atoms with Crippen molar-refractivity contribution in [3.63, 3.8) is 0 Å². The molecule has 0 heterocycles. The first-order chi connectivity index (χ1) is 6.77. The number of carbonyl (C=O) groups is 1. The van der Waals surface area contributed by atoms with Gasteiger partial charge in [0.1, 0.15) is 0 Å². The fourth-order valence-electron chi connectivity index (χ4n) is 1.32. The standard InChI is InChI=1S/C12H11BrO/c13-11-8-10(11)12(14)7-6-9-4-2-1-3-5-9/h1-7,10-11H,8H2/b7-6+/t10-,11-/m0/s1. The summed E-state index contributed by atoms with van der Waals surface area (Å²) >= 11 is 3.42. The van der Waals surface area contributed by atoms with Gasteiger partial charge in [0.05, 0.1) is 0 Å². The molecule has 1 aliphatic rings. The van der Waals surface area contributed by atoms with Crippen LogP contribution in [0, 0.1) is 5.92 Å². The Hall–Kier alpha value is -0.890. The van der Waals surface area contributed by atoms with Crippen molar-refractivity contribution in [2.75, 3.05) is 0 Å². The Morgan fingerprint density at radius 3 is 2.57 bits per heavy atom. The number of halogens is 1. The Balaban J connectivity index is 1.97. The van der Waals surface area contributed by atoms with Crippen LogP contribution in [0.3, 0.4) is 0 Å². The lowest BCUT2D eigenvalue weighted by molar-refractivity contribution is -0.115. The summed E-state index contributed by atoms with van der Waals surface area (Å²) in [6, 6.07) is 9.88. The summed E-state index contributed by atoms with van der Waals surface area (Å²) in [5, 5.41) is 0. The molecule has 2 atom stereocenters. The Labute approximate surface area is 92.0 Å². The van der Waals surface area contributed by atoms with Crippen LogP contribution in [-0.4, -0.2) is 10.6 Å². The number of alkyl halides is 1. The lowest BCUT2D eigenvalue weighted by atomic mass is 10.1. The maximum Gasteiger partial charge on any atom is 0.159 e. The van der Waals surface area contributed by atoms with E-state index in [0.717, 1.165) is 12.0 Å². The van der Waals surface area contributed by atoms with Crippen molar-refractivity contribution >= 4 is 27.8 Å². The molecule has 1 nitrogen and oxygen atoms in total. The van der Waals surface area contributed by atoms with E-state index in [1.54, 1.807) is 6.08 Å². The molecule has 0 amide bonds.